The summed E-state index contributed by atoms with van der Waals surface area (Å²) in [6.45, 7) is 5.35. The van der Waals surface area contributed by atoms with Crippen LogP contribution in [0.4, 0.5) is 5.69 Å². The van der Waals surface area contributed by atoms with Crippen LogP contribution in [0, 0.1) is 0 Å². The molecule has 32 heavy (non-hydrogen) atoms. The van der Waals surface area contributed by atoms with Crippen LogP contribution in [0.1, 0.15) is 42.6 Å². The van der Waals surface area contributed by atoms with E-state index in [0.29, 0.717) is 13.1 Å². The molecule has 0 unspecified atom stereocenters. The van der Waals surface area contributed by atoms with Crippen LogP contribution in [-0.4, -0.2) is 45.0 Å². The molecule has 2 aromatic rings. The standard InChI is InChI=1S/C24H28N4O3S/c1-24(2)20-11-4-5-12-21(20)27(3)22(24)13-14-25-26-23(29)18-9-8-10-19(17-18)32(30,31)28-15-6-7-16-28/h4-5,8-14,17H,6-7,15-16H2,1-3H3,(H,26,29)/b22-13+,25-14+. The molecule has 0 spiro atoms. The van der Waals surface area contributed by atoms with Crippen molar-refractivity contribution < 1.29 is 13.2 Å². The van der Waals surface area contributed by atoms with Crippen molar-refractivity contribution >= 4 is 27.8 Å². The average Bonchev–Trinajstić information content (AvgIpc) is 3.39. The Labute approximate surface area is 189 Å². The van der Waals surface area contributed by atoms with Crippen molar-refractivity contribution in [3.63, 3.8) is 0 Å². The molecule has 2 aromatic carbocycles. The van der Waals surface area contributed by atoms with Crippen LogP contribution in [0.5, 0.6) is 0 Å². The van der Waals surface area contributed by atoms with Gasteiger partial charge >= 0.3 is 0 Å². The Morgan fingerprint density at radius 1 is 1.09 bits per heavy atom. The van der Waals surface area contributed by atoms with E-state index in [1.807, 2.05) is 25.3 Å². The van der Waals surface area contributed by atoms with Crippen LogP contribution >= 0.6 is 0 Å². The minimum atomic E-state index is -3.58. The summed E-state index contributed by atoms with van der Waals surface area (Å²) in [4.78, 5) is 14.8. The van der Waals surface area contributed by atoms with E-state index in [9.17, 15) is 13.2 Å². The normalized spacial score (nSPS) is 19.6. The minimum Gasteiger partial charge on any atom is -0.347 e. The number of rotatable bonds is 5. The first-order chi connectivity index (χ1) is 15.2. The summed E-state index contributed by atoms with van der Waals surface area (Å²) in [6, 6.07) is 14.3. The highest BCUT2D eigenvalue weighted by atomic mass is 32.2. The van der Waals surface area contributed by atoms with Crippen LogP contribution < -0.4 is 10.3 Å². The van der Waals surface area contributed by atoms with Crippen LogP contribution in [-0.2, 0) is 15.4 Å². The van der Waals surface area contributed by atoms with E-state index in [-0.39, 0.29) is 15.9 Å². The summed E-state index contributed by atoms with van der Waals surface area (Å²) in [5.41, 5.74) is 6.02. The van der Waals surface area contributed by atoms with Gasteiger partial charge in [-0.15, -0.1) is 0 Å². The number of carbonyl (C=O) groups is 1. The van der Waals surface area contributed by atoms with E-state index in [4.69, 9.17) is 0 Å². The highest BCUT2D eigenvalue weighted by molar-refractivity contribution is 7.89. The maximum atomic E-state index is 12.8. The molecule has 1 amide bonds. The lowest BCUT2D eigenvalue weighted by Gasteiger charge is -2.23. The number of allylic oxidation sites excluding steroid dienone is 2. The number of benzene rings is 2. The predicted octanol–water partition coefficient (Wildman–Crippen LogP) is 3.50. The number of nitrogens with one attached hydrogen (secondary N) is 1. The first-order valence-electron chi connectivity index (χ1n) is 10.7. The highest BCUT2D eigenvalue weighted by Gasteiger charge is 2.37. The number of anilines is 1. The highest BCUT2D eigenvalue weighted by Crippen LogP contribution is 2.46. The fraction of sp³-hybridized carbons (Fsp3) is 0.333. The Bertz CT molecular complexity index is 1200. The van der Waals surface area contributed by atoms with Crippen molar-refractivity contribution in [2.24, 2.45) is 5.10 Å². The Balaban J connectivity index is 1.47. The summed E-state index contributed by atoms with van der Waals surface area (Å²) < 4.78 is 27.0. The molecule has 0 saturated carbocycles. The quantitative estimate of drug-likeness (QED) is 0.556. The third-order valence-electron chi connectivity index (χ3n) is 6.21. The van der Waals surface area contributed by atoms with E-state index in [0.717, 1.165) is 24.2 Å². The zero-order chi connectivity index (χ0) is 22.9. The number of hydrogen-bond acceptors (Lipinski definition) is 5. The van der Waals surface area contributed by atoms with Gasteiger partial charge in [0.2, 0.25) is 10.0 Å². The molecule has 1 saturated heterocycles. The molecule has 1 N–H and O–H groups in total. The van der Waals surface area contributed by atoms with Gasteiger partial charge in [-0.2, -0.15) is 9.41 Å². The second-order valence-electron chi connectivity index (χ2n) is 8.61. The first-order valence-corrected chi connectivity index (χ1v) is 12.1. The maximum absolute atomic E-state index is 12.8. The lowest BCUT2D eigenvalue weighted by Crippen LogP contribution is -2.28. The van der Waals surface area contributed by atoms with Crippen LogP contribution in [0.3, 0.4) is 0 Å². The van der Waals surface area contributed by atoms with Crippen molar-refractivity contribution in [2.75, 3.05) is 25.0 Å². The summed E-state index contributed by atoms with van der Waals surface area (Å²) in [5, 5.41) is 4.06. The van der Waals surface area contributed by atoms with E-state index in [2.05, 4.69) is 41.4 Å². The molecule has 1 fully saturated rings. The van der Waals surface area contributed by atoms with Gasteiger partial charge in [-0.05, 0) is 48.7 Å². The molecule has 8 heteroatoms. The van der Waals surface area contributed by atoms with E-state index < -0.39 is 15.9 Å². The summed E-state index contributed by atoms with van der Waals surface area (Å²) in [7, 11) is -1.56. The van der Waals surface area contributed by atoms with Gasteiger partial charge in [0.05, 0.1) is 4.90 Å². The molecule has 0 aliphatic carbocycles. The number of amides is 1. The van der Waals surface area contributed by atoms with E-state index in [1.165, 1.54) is 22.0 Å². The topological polar surface area (TPSA) is 82.1 Å². The molecule has 0 atom stereocenters. The molecular formula is C24H28N4O3S. The molecule has 2 heterocycles. The van der Waals surface area contributed by atoms with Gasteiger partial charge in [-0.1, -0.05) is 38.1 Å². The van der Waals surface area contributed by atoms with Gasteiger partial charge in [-0.3, -0.25) is 4.79 Å². The smallest absolute Gasteiger partial charge is 0.271 e. The van der Waals surface area contributed by atoms with Crippen molar-refractivity contribution in [1.82, 2.24) is 9.73 Å². The van der Waals surface area contributed by atoms with Crippen LogP contribution in [0.2, 0.25) is 0 Å². The van der Waals surface area contributed by atoms with Gasteiger partial charge in [0.1, 0.15) is 0 Å². The van der Waals surface area contributed by atoms with Crippen molar-refractivity contribution in [3.05, 3.63) is 71.4 Å². The molecular weight excluding hydrogens is 424 g/mol. The number of likely N-dealkylation sites (N-methyl/N-ethyl adjacent to an activating group) is 1. The van der Waals surface area contributed by atoms with E-state index in [1.54, 1.807) is 18.3 Å². The Hall–Kier alpha value is -2.97. The van der Waals surface area contributed by atoms with Crippen LogP contribution in [0.15, 0.2) is 70.3 Å². The molecule has 7 nitrogen and oxygen atoms in total. The molecule has 2 aliphatic rings. The Morgan fingerprint density at radius 2 is 1.81 bits per heavy atom. The fourth-order valence-electron chi connectivity index (χ4n) is 4.45. The number of fused-ring (bicyclic) bond motifs is 1. The second kappa shape index (κ2) is 8.52. The third kappa shape index (κ3) is 3.96. The summed E-state index contributed by atoms with van der Waals surface area (Å²) in [5.74, 6) is -0.458. The molecule has 0 bridgehead atoms. The van der Waals surface area contributed by atoms with Crippen molar-refractivity contribution in [1.29, 1.82) is 0 Å². The van der Waals surface area contributed by atoms with Crippen LogP contribution in [0.25, 0.3) is 0 Å². The number of carbonyl (C=O) groups excluding carboxylic acids is 1. The number of hydrazone groups is 1. The van der Waals surface area contributed by atoms with Gasteiger partial charge in [0, 0.05) is 48.7 Å². The monoisotopic (exact) mass is 452 g/mol. The number of sulfonamides is 1. The van der Waals surface area contributed by atoms with Gasteiger partial charge in [-0.25, -0.2) is 13.8 Å². The minimum absolute atomic E-state index is 0.130. The van der Waals surface area contributed by atoms with E-state index >= 15 is 0 Å². The summed E-state index contributed by atoms with van der Waals surface area (Å²) in [6.07, 6.45) is 5.16. The van der Waals surface area contributed by atoms with Crippen molar-refractivity contribution in [3.8, 4) is 0 Å². The Morgan fingerprint density at radius 3 is 2.53 bits per heavy atom. The van der Waals surface area contributed by atoms with Crippen molar-refractivity contribution in [2.45, 2.75) is 37.0 Å². The third-order valence-corrected chi connectivity index (χ3v) is 8.11. The SMILES string of the molecule is CN1/C(=C/C=N/NC(=O)c2cccc(S(=O)(=O)N3CCCC3)c2)C(C)(C)c2ccccc21. The average molecular weight is 453 g/mol. The maximum Gasteiger partial charge on any atom is 0.271 e. The second-order valence-corrected chi connectivity index (χ2v) is 10.5. The van der Waals surface area contributed by atoms with Gasteiger partial charge in [0.25, 0.3) is 5.91 Å². The predicted molar refractivity (Wildman–Crippen MR) is 126 cm³/mol. The zero-order valence-electron chi connectivity index (χ0n) is 18.6. The van der Waals surface area contributed by atoms with Gasteiger partial charge in [0.15, 0.2) is 0 Å². The first kappa shape index (κ1) is 22.2. The fourth-order valence-corrected chi connectivity index (χ4v) is 6.01. The molecule has 0 radical (unpaired) electrons. The van der Waals surface area contributed by atoms with Gasteiger partial charge < -0.3 is 4.90 Å². The molecule has 2 aliphatic heterocycles. The number of hydrogen-bond donors (Lipinski definition) is 1. The number of para-hydroxylation sites is 1. The molecule has 0 aromatic heterocycles. The number of nitrogens with zero attached hydrogens (tertiary/aromatic N) is 3. The lowest BCUT2D eigenvalue weighted by molar-refractivity contribution is 0.0955. The summed E-state index contributed by atoms with van der Waals surface area (Å²) >= 11 is 0. The Kier molecular flexibility index (Phi) is 5.92. The molecule has 168 valence electrons. The molecule has 4 rings (SSSR count). The lowest BCUT2D eigenvalue weighted by atomic mass is 9.84. The zero-order valence-corrected chi connectivity index (χ0v) is 19.4. The largest absolute Gasteiger partial charge is 0.347 e.